The third-order valence-electron chi connectivity index (χ3n) is 7.03. The fourth-order valence-electron chi connectivity index (χ4n) is 4.62. The summed E-state index contributed by atoms with van der Waals surface area (Å²) in [6, 6.07) is 11.8. The Hall–Kier alpha value is -4.88. The highest BCUT2D eigenvalue weighted by Crippen LogP contribution is 2.33. The maximum atomic E-state index is 13.9. The highest BCUT2D eigenvalue weighted by Gasteiger charge is 2.21. The van der Waals surface area contributed by atoms with Gasteiger partial charge < -0.3 is 29.6 Å². The van der Waals surface area contributed by atoms with Gasteiger partial charge in [0.2, 0.25) is 5.95 Å². The summed E-state index contributed by atoms with van der Waals surface area (Å²) in [5.74, 6) is -1.28. The van der Waals surface area contributed by atoms with Crippen molar-refractivity contribution in [1.82, 2.24) is 29.5 Å². The Morgan fingerprint density at radius 2 is 1.69 bits per heavy atom. The molecule has 0 radical (unpaired) electrons. The van der Waals surface area contributed by atoms with Crippen LogP contribution in [-0.2, 0) is 21.1 Å². The molecule has 5 aromatic rings. The molecule has 0 bridgehead atoms. The van der Waals surface area contributed by atoms with Crippen LogP contribution in [0.4, 0.5) is 14.5 Å². The Morgan fingerprint density at radius 3 is 2.20 bits per heavy atom. The third-order valence-corrected chi connectivity index (χ3v) is 8.42. The molecular formula is C37H49F2N7O7S2. The monoisotopic (exact) mass is 805 g/mol. The lowest BCUT2D eigenvalue weighted by atomic mass is 9.96. The standard InChI is InChI=1S/C15H18F2N4.C9H9N3O2S.C6H6OS.C4H8O.C2H6O.CH2O2/c1-18-12-9-21(10-5-3-2-4-6-10)20-15(12)14-11(16)7-8-13(17)19-14;1-14-6-12-3-7(2-10-12)9-11-8(4-13)5-15-9;7-8-6-4-2-1-3-5-6;1-2-3-4-5;1-2-3;2-1-3/h7-10,18H,2-6H2,1H3;2-5H,6H2,1H3;1-5,7H;4H,2-3H2,1H3;3H,2H2,1H3;1H,(H,2,3). The Balaban J connectivity index is 0.000000386. The summed E-state index contributed by atoms with van der Waals surface area (Å²) < 4.78 is 44.1. The van der Waals surface area contributed by atoms with E-state index in [2.05, 4.69) is 25.5 Å². The average molecular weight is 806 g/mol. The number of rotatable bonds is 10. The maximum absolute atomic E-state index is 13.9. The van der Waals surface area contributed by atoms with E-state index in [1.165, 1.54) is 30.6 Å². The Kier molecular flexibility index (Phi) is 25.8. The zero-order chi connectivity index (χ0) is 40.8. The Bertz CT molecular complexity index is 1770. The molecule has 4 N–H and O–H groups in total. The van der Waals surface area contributed by atoms with Crippen LogP contribution in [0.3, 0.4) is 0 Å². The van der Waals surface area contributed by atoms with Crippen molar-refractivity contribution < 1.29 is 42.7 Å². The number of aliphatic hydroxyl groups is 1. The first kappa shape index (κ1) is 48.1. The number of thiazole rings is 1. The minimum absolute atomic E-state index is 0.0473. The molecule has 0 aliphatic heterocycles. The van der Waals surface area contributed by atoms with Gasteiger partial charge >= 0.3 is 0 Å². The molecule has 1 fully saturated rings. The maximum Gasteiger partial charge on any atom is 0.290 e. The number of pyridine rings is 1. The van der Waals surface area contributed by atoms with E-state index in [0.29, 0.717) is 36.3 Å². The van der Waals surface area contributed by atoms with E-state index in [1.807, 2.05) is 54.3 Å². The number of hydrogen-bond donors (Lipinski definition) is 4. The molecule has 4 aromatic heterocycles. The summed E-state index contributed by atoms with van der Waals surface area (Å²) in [7, 11) is 3.35. The topological polar surface area (TPSA) is 195 Å². The number of halogens is 2. The molecule has 1 saturated carbocycles. The number of nitrogens with zero attached hydrogens (tertiary/aromatic N) is 6. The second-order valence-electron chi connectivity index (χ2n) is 11.0. The van der Waals surface area contributed by atoms with Crippen molar-refractivity contribution in [1.29, 1.82) is 0 Å². The van der Waals surface area contributed by atoms with E-state index < -0.39 is 11.8 Å². The third kappa shape index (κ3) is 18.3. The molecule has 0 spiro atoms. The number of unbranched alkanes of at least 4 members (excludes halogenated alkanes) is 1. The lowest BCUT2D eigenvalue weighted by molar-refractivity contribution is -0.122. The van der Waals surface area contributed by atoms with E-state index in [1.54, 1.807) is 37.3 Å². The van der Waals surface area contributed by atoms with Crippen molar-refractivity contribution in [2.75, 3.05) is 26.1 Å². The zero-order valence-corrected chi connectivity index (χ0v) is 32.9. The van der Waals surface area contributed by atoms with Crippen molar-refractivity contribution in [2.45, 2.75) is 76.5 Å². The number of ether oxygens (including phenoxy) is 1. The predicted molar refractivity (Wildman–Crippen MR) is 210 cm³/mol. The van der Waals surface area contributed by atoms with E-state index >= 15 is 0 Å². The van der Waals surface area contributed by atoms with Crippen molar-refractivity contribution in [3.63, 3.8) is 0 Å². The van der Waals surface area contributed by atoms with Crippen molar-refractivity contribution in [3.8, 4) is 22.0 Å². The van der Waals surface area contributed by atoms with Gasteiger partial charge in [0.1, 0.15) is 35.1 Å². The number of carbonyl (C=O) groups excluding carboxylic acids is 2. The van der Waals surface area contributed by atoms with Gasteiger partial charge in [0.25, 0.3) is 6.47 Å². The average Bonchev–Trinajstić information content (AvgIpc) is 3.99. The molecule has 1 aliphatic carbocycles. The van der Waals surface area contributed by atoms with E-state index in [-0.39, 0.29) is 18.8 Å². The SMILES string of the molecule is CCCC=O.CCO.CNc1cn(C2CCCCC2)nc1-c1nc(F)ccc1F.COCn1cc(-c2nc(C=O)cs2)cn1.O=CO.OSc1ccccc1. The van der Waals surface area contributed by atoms with Gasteiger partial charge in [0, 0.05) is 67.5 Å². The van der Waals surface area contributed by atoms with Crippen LogP contribution in [0.15, 0.2) is 71.3 Å². The van der Waals surface area contributed by atoms with Crippen molar-refractivity contribution in [3.05, 3.63) is 83.9 Å². The number of aldehydes is 2. The van der Waals surface area contributed by atoms with Gasteiger partial charge in [-0.3, -0.25) is 14.3 Å². The first-order valence-corrected chi connectivity index (χ1v) is 18.9. The number of carboxylic acid groups (broad SMARTS) is 1. The lowest BCUT2D eigenvalue weighted by Crippen LogP contribution is -2.13. The summed E-state index contributed by atoms with van der Waals surface area (Å²) in [5, 5.41) is 28.5. The minimum atomic E-state index is -0.708. The molecule has 0 unspecified atom stereocenters. The van der Waals surface area contributed by atoms with E-state index in [0.717, 1.165) is 71.5 Å². The van der Waals surface area contributed by atoms with Crippen LogP contribution in [0.25, 0.3) is 22.0 Å². The minimum Gasteiger partial charge on any atom is -0.483 e. The highest BCUT2D eigenvalue weighted by molar-refractivity contribution is 7.93. The molecule has 0 amide bonds. The van der Waals surface area contributed by atoms with Crippen LogP contribution in [0, 0.1) is 11.8 Å². The molecule has 1 aliphatic rings. The quantitative estimate of drug-likeness (QED) is 0.0601. The number of benzene rings is 1. The van der Waals surface area contributed by atoms with Crippen LogP contribution >= 0.6 is 23.4 Å². The van der Waals surface area contributed by atoms with Crippen LogP contribution < -0.4 is 5.32 Å². The summed E-state index contributed by atoms with van der Waals surface area (Å²) in [4.78, 5) is 36.9. The molecular weight excluding hydrogens is 757 g/mol. The van der Waals surface area contributed by atoms with Gasteiger partial charge in [0.05, 0.1) is 17.9 Å². The number of aliphatic hydroxyl groups excluding tert-OH is 1. The fraction of sp³-hybridized carbons (Fsp3) is 0.378. The van der Waals surface area contributed by atoms with Gasteiger partial charge in [-0.05, 0) is 50.5 Å². The van der Waals surface area contributed by atoms with E-state index in [9.17, 15) is 18.4 Å². The summed E-state index contributed by atoms with van der Waals surface area (Å²) >= 11 is 2.19. The number of aromatic nitrogens is 6. The smallest absolute Gasteiger partial charge is 0.290 e. The number of nitrogens with one attached hydrogen (secondary N) is 1. The van der Waals surface area contributed by atoms with Gasteiger partial charge in [-0.1, -0.05) is 44.4 Å². The summed E-state index contributed by atoms with van der Waals surface area (Å²) in [5.41, 5.74) is 2.33. The molecule has 0 saturated heterocycles. The largest absolute Gasteiger partial charge is 0.483 e. The highest BCUT2D eigenvalue weighted by atomic mass is 32.2. The van der Waals surface area contributed by atoms with Crippen molar-refractivity contribution >= 4 is 48.1 Å². The molecule has 300 valence electrons. The van der Waals surface area contributed by atoms with Gasteiger partial charge in [-0.15, -0.1) is 11.3 Å². The van der Waals surface area contributed by atoms with Crippen LogP contribution in [0.2, 0.25) is 0 Å². The van der Waals surface area contributed by atoms with Gasteiger partial charge in [-0.2, -0.15) is 14.6 Å². The second kappa shape index (κ2) is 29.5. The summed E-state index contributed by atoms with van der Waals surface area (Å²) in [6.45, 7) is 4.07. The van der Waals surface area contributed by atoms with Gasteiger partial charge in [0.15, 0.2) is 12.1 Å². The van der Waals surface area contributed by atoms with Gasteiger partial charge in [-0.25, -0.2) is 19.0 Å². The number of methoxy groups -OCH3 is 1. The molecule has 18 heteroatoms. The first-order valence-electron chi connectivity index (χ1n) is 17.2. The van der Waals surface area contributed by atoms with Crippen molar-refractivity contribution in [2.24, 2.45) is 0 Å². The molecule has 6 rings (SSSR count). The number of hydrogen-bond acceptors (Lipinski definition) is 13. The van der Waals surface area contributed by atoms with Crippen LogP contribution in [0.1, 0.15) is 75.3 Å². The van der Waals surface area contributed by atoms with E-state index in [4.69, 9.17) is 24.3 Å². The molecule has 55 heavy (non-hydrogen) atoms. The van der Waals surface area contributed by atoms with Crippen LogP contribution in [0.5, 0.6) is 0 Å². The van der Waals surface area contributed by atoms with Crippen LogP contribution in [-0.4, -0.2) is 84.1 Å². The molecule has 4 heterocycles. The Labute approximate surface area is 327 Å². The number of carbonyl (C=O) groups is 3. The molecule has 1 aromatic carbocycles. The normalized spacial score (nSPS) is 11.6. The zero-order valence-electron chi connectivity index (χ0n) is 31.3. The number of anilines is 1. The fourth-order valence-corrected chi connectivity index (χ4v) is 5.63. The molecule has 0 atom stereocenters. The lowest BCUT2D eigenvalue weighted by Gasteiger charge is -2.21. The second-order valence-corrected chi connectivity index (χ2v) is 12.6. The Morgan fingerprint density at radius 1 is 1.02 bits per heavy atom. The predicted octanol–water partition coefficient (Wildman–Crippen LogP) is 8.13. The summed E-state index contributed by atoms with van der Waals surface area (Å²) in [6.07, 6.45) is 14.5. The first-order chi connectivity index (χ1) is 26.7. The molecule has 14 nitrogen and oxygen atoms in total.